The van der Waals surface area contributed by atoms with Crippen LogP contribution in [0.3, 0.4) is 0 Å². The molecule has 1 amide bonds. The van der Waals surface area contributed by atoms with Crippen molar-refractivity contribution in [3.05, 3.63) is 119 Å². The number of carboxylic acids is 1. The molecule has 37 heavy (non-hydrogen) atoms. The average molecular weight is 495 g/mol. The number of carboxylic acid groups (broad SMARTS) is 1. The molecule has 0 unspecified atom stereocenters. The maximum atomic E-state index is 14.0. The highest BCUT2D eigenvalue weighted by molar-refractivity contribution is 5.91. The predicted molar refractivity (Wildman–Crippen MR) is 143 cm³/mol. The van der Waals surface area contributed by atoms with Crippen molar-refractivity contribution in [3.8, 4) is 0 Å². The van der Waals surface area contributed by atoms with Gasteiger partial charge in [0.15, 0.2) is 0 Å². The van der Waals surface area contributed by atoms with Gasteiger partial charge in [0.1, 0.15) is 11.9 Å². The lowest BCUT2D eigenvalue weighted by Crippen LogP contribution is -2.59. The Morgan fingerprint density at radius 3 is 2.03 bits per heavy atom. The average Bonchev–Trinajstić information content (AvgIpc) is 3.30. The second-order valence-corrected chi connectivity index (χ2v) is 9.37. The second-order valence-electron chi connectivity index (χ2n) is 9.37. The summed E-state index contributed by atoms with van der Waals surface area (Å²) in [4.78, 5) is 30.0. The van der Waals surface area contributed by atoms with Gasteiger partial charge in [-0.25, -0.2) is 9.48 Å². The summed E-state index contributed by atoms with van der Waals surface area (Å²) in [5.74, 6) is -0.911. The SMILES string of the molecule is Cc1cc(N2CCN(C(=O)C(c3ccccc3)c3ccccc3)[C@H](C(=O)O)C2)n(Cc2ccccc2)n1. The number of benzene rings is 3. The summed E-state index contributed by atoms with van der Waals surface area (Å²) in [7, 11) is 0. The van der Waals surface area contributed by atoms with Gasteiger partial charge in [-0.05, 0) is 23.6 Å². The number of piperazine rings is 1. The molecule has 1 aliphatic heterocycles. The van der Waals surface area contributed by atoms with Crippen LogP contribution in [0.4, 0.5) is 5.82 Å². The Bertz CT molecular complexity index is 1320. The van der Waals surface area contributed by atoms with Crippen molar-refractivity contribution in [3.63, 3.8) is 0 Å². The summed E-state index contributed by atoms with van der Waals surface area (Å²) in [5.41, 5.74) is 3.68. The summed E-state index contributed by atoms with van der Waals surface area (Å²) in [6, 6.07) is 30.2. The predicted octanol–water partition coefficient (Wildman–Crippen LogP) is 4.17. The molecule has 0 radical (unpaired) electrons. The third kappa shape index (κ3) is 5.26. The molecule has 0 spiro atoms. The van der Waals surface area contributed by atoms with Crippen molar-refractivity contribution in [2.75, 3.05) is 24.5 Å². The van der Waals surface area contributed by atoms with Crippen LogP contribution in [0.1, 0.15) is 28.3 Å². The molecular formula is C30H30N4O3. The van der Waals surface area contributed by atoms with Gasteiger partial charge >= 0.3 is 5.97 Å². The third-order valence-electron chi connectivity index (χ3n) is 6.84. The van der Waals surface area contributed by atoms with E-state index >= 15 is 0 Å². The zero-order chi connectivity index (χ0) is 25.8. The summed E-state index contributed by atoms with van der Waals surface area (Å²) >= 11 is 0. The molecule has 0 saturated carbocycles. The number of hydrogen-bond donors (Lipinski definition) is 1. The van der Waals surface area contributed by atoms with Gasteiger partial charge in [0.05, 0.1) is 24.7 Å². The summed E-state index contributed by atoms with van der Waals surface area (Å²) in [5, 5.41) is 14.9. The highest BCUT2D eigenvalue weighted by Crippen LogP contribution is 2.30. The van der Waals surface area contributed by atoms with Gasteiger partial charge in [0.2, 0.25) is 5.91 Å². The van der Waals surface area contributed by atoms with Crippen LogP contribution in [0.2, 0.25) is 0 Å². The van der Waals surface area contributed by atoms with Gasteiger partial charge < -0.3 is 14.9 Å². The van der Waals surface area contributed by atoms with Crippen LogP contribution in [-0.2, 0) is 16.1 Å². The lowest BCUT2D eigenvalue weighted by Gasteiger charge is -2.41. The lowest BCUT2D eigenvalue weighted by molar-refractivity contribution is -0.151. The Morgan fingerprint density at radius 1 is 0.892 bits per heavy atom. The molecule has 0 aliphatic carbocycles. The van der Waals surface area contributed by atoms with E-state index in [-0.39, 0.29) is 12.5 Å². The van der Waals surface area contributed by atoms with Crippen molar-refractivity contribution >= 4 is 17.7 Å². The Balaban J connectivity index is 1.42. The van der Waals surface area contributed by atoms with E-state index in [1.807, 2.05) is 114 Å². The highest BCUT2D eigenvalue weighted by atomic mass is 16.4. The molecule has 0 bridgehead atoms. The van der Waals surface area contributed by atoms with Crippen LogP contribution in [-0.4, -0.2) is 57.3 Å². The summed E-state index contributed by atoms with van der Waals surface area (Å²) in [6.07, 6.45) is 0. The van der Waals surface area contributed by atoms with Crippen LogP contribution in [0.5, 0.6) is 0 Å². The van der Waals surface area contributed by atoms with Crippen molar-refractivity contribution in [1.29, 1.82) is 0 Å². The van der Waals surface area contributed by atoms with Gasteiger partial charge in [-0.1, -0.05) is 91.0 Å². The van der Waals surface area contributed by atoms with E-state index in [1.165, 1.54) is 4.90 Å². The van der Waals surface area contributed by atoms with Crippen molar-refractivity contribution in [2.24, 2.45) is 0 Å². The first kappa shape index (κ1) is 24.3. The fourth-order valence-corrected chi connectivity index (χ4v) is 5.06. The summed E-state index contributed by atoms with van der Waals surface area (Å²) < 4.78 is 1.91. The number of amides is 1. The molecule has 188 valence electrons. The fraction of sp³-hybridized carbons (Fsp3) is 0.233. The van der Waals surface area contributed by atoms with Crippen molar-refractivity contribution in [2.45, 2.75) is 25.4 Å². The molecule has 7 nitrogen and oxygen atoms in total. The quantitative estimate of drug-likeness (QED) is 0.417. The van der Waals surface area contributed by atoms with E-state index in [0.29, 0.717) is 19.6 Å². The van der Waals surface area contributed by atoms with Gasteiger partial charge in [-0.15, -0.1) is 0 Å². The van der Waals surface area contributed by atoms with Gasteiger partial charge in [-0.2, -0.15) is 5.10 Å². The van der Waals surface area contributed by atoms with Crippen LogP contribution in [0.15, 0.2) is 97.1 Å². The molecule has 4 aromatic rings. The van der Waals surface area contributed by atoms with Crippen molar-refractivity contribution < 1.29 is 14.7 Å². The normalized spacial score (nSPS) is 15.7. The van der Waals surface area contributed by atoms with Crippen LogP contribution < -0.4 is 4.90 Å². The van der Waals surface area contributed by atoms with Crippen LogP contribution >= 0.6 is 0 Å². The maximum Gasteiger partial charge on any atom is 0.328 e. The molecule has 1 atom stereocenters. The standard InChI is InChI=1S/C30H30N4O3/c1-22-19-27(34(31-22)20-23-11-5-2-6-12-23)32-17-18-33(26(21-32)30(36)37)29(35)28(24-13-7-3-8-14-24)25-15-9-4-10-16-25/h2-16,19,26,28H,17-18,20-21H2,1H3,(H,36,37)/t26-/m0/s1. The minimum atomic E-state index is -1.01. The highest BCUT2D eigenvalue weighted by Gasteiger charge is 2.39. The molecule has 1 N–H and O–H groups in total. The minimum absolute atomic E-state index is 0.192. The zero-order valence-corrected chi connectivity index (χ0v) is 20.8. The smallest absolute Gasteiger partial charge is 0.328 e. The molecule has 1 saturated heterocycles. The number of carbonyl (C=O) groups is 2. The van der Waals surface area contributed by atoms with Crippen molar-refractivity contribution in [1.82, 2.24) is 14.7 Å². The lowest BCUT2D eigenvalue weighted by atomic mass is 9.89. The molecule has 7 heteroatoms. The number of rotatable bonds is 7. The molecule has 1 aromatic heterocycles. The maximum absolute atomic E-state index is 14.0. The molecule has 2 heterocycles. The topological polar surface area (TPSA) is 78.7 Å². The van der Waals surface area contributed by atoms with E-state index < -0.39 is 17.9 Å². The number of aryl methyl sites for hydroxylation is 1. The Morgan fingerprint density at radius 2 is 1.46 bits per heavy atom. The van der Waals surface area contributed by atoms with Gasteiger partial charge in [-0.3, -0.25) is 4.79 Å². The first-order valence-electron chi connectivity index (χ1n) is 12.5. The monoisotopic (exact) mass is 494 g/mol. The number of hydrogen-bond acceptors (Lipinski definition) is 4. The largest absolute Gasteiger partial charge is 0.480 e. The van der Waals surface area contributed by atoms with Gasteiger partial charge in [0.25, 0.3) is 0 Å². The van der Waals surface area contributed by atoms with E-state index in [4.69, 9.17) is 0 Å². The number of nitrogens with zero attached hydrogens (tertiary/aromatic N) is 4. The van der Waals surface area contributed by atoms with Crippen LogP contribution in [0.25, 0.3) is 0 Å². The Hall–Kier alpha value is -4.39. The van der Waals surface area contributed by atoms with E-state index in [0.717, 1.165) is 28.2 Å². The number of aromatic nitrogens is 2. The minimum Gasteiger partial charge on any atom is -0.480 e. The molecule has 1 aliphatic rings. The molecular weight excluding hydrogens is 464 g/mol. The second kappa shape index (κ2) is 10.7. The van der Waals surface area contributed by atoms with E-state index in [9.17, 15) is 14.7 Å². The zero-order valence-electron chi connectivity index (χ0n) is 20.8. The first-order chi connectivity index (χ1) is 18.0. The van der Waals surface area contributed by atoms with Gasteiger partial charge in [0, 0.05) is 19.2 Å². The fourth-order valence-electron chi connectivity index (χ4n) is 5.06. The third-order valence-corrected chi connectivity index (χ3v) is 6.84. The Kier molecular flexibility index (Phi) is 7.03. The number of carbonyl (C=O) groups excluding carboxylic acids is 1. The van der Waals surface area contributed by atoms with Crippen LogP contribution in [0, 0.1) is 6.92 Å². The van der Waals surface area contributed by atoms with E-state index in [1.54, 1.807) is 0 Å². The number of aliphatic carboxylic acids is 1. The number of anilines is 1. The molecule has 1 fully saturated rings. The Labute approximate surface area is 216 Å². The van der Waals surface area contributed by atoms with E-state index in [2.05, 4.69) is 5.10 Å². The first-order valence-corrected chi connectivity index (χ1v) is 12.5. The molecule has 5 rings (SSSR count). The molecule has 3 aromatic carbocycles. The summed E-state index contributed by atoms with van der Waals surface area (Å²) in [6.45, 7) is 3.54.